The van der Waals surface area contributed by atoms with Crippen molar-refractivity contribution < 1.29 is 18.3 Å². The maximum atomic E-state index is 12.2. The van der Waals surface area contributed by atoms with Crippen LogP contribution in [0.3, 0.4) is 0 Å². The van der Waals surface area contributed by atoms with Crippen molar-refractivity contribution in [3.63, 3.8) is 0 Å². The van der Waals surface area contributed by atoms with Crippen molar-refractivity contribution in [1.29, 1.82) is 0 Å². The van der Waals surface area contributed by atoms with Crippen LogP contribution in [0.5, 0.6) is 5.75 Å². The smallest absolute Gasteiger partial charge is 0.264 e. The number of nitrogens with one attached hydrogen (secondary N) is 1. The molecule has 8 nitrogen and oxygen atoms in total. The van der Waals surface area contributed by atoms with Crippen LogP contribution in [0.4, 0.5) is 5.95 Å². The Labute approximate surface area is 121 Å². The van der Waals surface area contributed by atoms with Gasteiger partial charge in [-0.05, 0) is 25.1 Å². The molecule has 0 aliphatic heterocycles. The predicted octanol–water partition coefficient (Wildman–Crippen LogP) is 0.563. The predicted molar refractivity (Wildman–Crippen MR) is 74.2 cm³/mol. The van der Waals surface area contributed by atoms with E-state index in [0.29, 0.717) is 17.9 Å². The number of aliphatic hydroxyl groups excluding tert-OH is 1. The molecule has 21 heavy (non-hydrogen) atoms. The van der Waals surface area contributed by atoms with E-state index in [1.807, 2.05) is 0 Å². The molecule has 2 N–H and O–H groups in total. The van der Waals surface area contributed by atoms with Crippen molar-refractivity contribution in [2.45, 2.75) is 18.4 Å². The summed E-state index contributed by atoms with van der Waals surface area (Å²) in [5.41, 5.74) is 0.381. The SMILES string of the molecule is CCOc1ccc(S(=O)(=O)Nc2nccnn2)cc1CO. The quantitative estimate of drug-likeness (QED) is 0.801. The van der Waals surface area contributed by atoms with Gasteiger partial charge in [-0.15, -0.1) is 5.10 Å². The van der Waals surface area contributed by atoms with Gasteiger partial charge in [0.1, 0.15) is 5.75 Å². The van der Waals surface area contributed by atoms with E-state index in [9.17, 15) is 13.5 Å². The second-order valence-corrected chi connectivity index (χ2v) is 5.61. The molecule has 0 atom stereocenters. The maximum absolute atomic E-state index is 12.2. The number of hydrogen-bond donors (Lipinski definition) is 2. The summed E-state index contributed by atoms with van der Waals surface area (Å²) >= 11 is 0. The Balaban J connectivity index is 2.32. The molecule has 0 saturated heterocycles. The Morgan fingerprint density at radius 2 is 2.14 bits per heavy atom. The number of sulfonamides is 1. The number of aliphatic hydroxyl groups is 1. The van der Waals surface area contributed by atoms with Gasteiger partial charge in [-0.3, -0.25) is 0 Å². The van der Waals surface area contributed by atoms with Crippen molar-refractivity contribution in [2.75, 3.05) is 11.3 Å². The van der Waals surface area contributed by atoms with Gasteiger partial charge in [-0.25, -0.2) is 18.1 Å². The monoisotopic (exact) mass is 310 g/mol. The number of nitrogens with zero attached hydrogens (tertiary/aromatic N) is 3. The Morgan fingerprint density at radius 1 is 1.33 bits per heavy atom. The minimum absolute atomic E-state index is 0.0255. The first kappa shape index (κ1) is 15.1. The van der Waals surface area contributed by atoms with Crippen molar-refractivity contribution >= 4 is 16.0 Å². The zero-order valence-corrected chi connectivity index (χ0v) is 12.0. The molecule has 2 aromatic rings. The fourth-order valence-electron chi connectivity index (χ4n) is 1.62. The van der Waals surface area contributed by atoms with Crippen molar-refractivity contribution in [3.8, 4) is 5.75 Å². The number of anilines is 1. The Bertz CT molecular complexity index is 706. The summed E-state index contributed by atoms with van der Waals surface area (Å²) in [5, 5.41) is 16.4. The van der Waals surface area contributed by atoms with Gasteiger partial charge in [-0.1, -0.05) is 0 Å². The Kier molecular flexibility index (Phi) is 4.66. The van der Waals surface area contributed by atoms with E-state index in [-0.39, 0.29) is 17.5 Å². The molecule has 9 heteroatoms. The second kappa shape index (κ2) is 6.46. The van der Waals surface area contributed by atoms with Crippen molar-refractivity contribution in [2.24, 2.45) is 0 Å². The van der Waals surface area contributed by atoms with E-state index in [4.69, 9.17) is 4.74 Å². The van der Waals surface area contributed by atoms with Gasteiger partial charge >= 0.3 is 0 Å². The van der Waals surface area contributed by atoms with Gasteiger partial charge in [0, 0.05) is 5.56 Å². The molecule has 1 aromatic heterocycles. The lowest BCUT2D eigenvalue weighted by Crippen LogP contribution is -2.15. The summed E-state index contributed by atoms with van der Waals surface area (Å²) in [7, 11) is -3.86. The lowest BCUT2D eigenvalue weighted by molar-refractivity contribution is 0.266. The summed E-state index contributed by atoms with van der Waals surface area (Å²) in [6, 6.07) is 4.21. The second-order valence-electron chi connectivity index (χ2n) is 3.93. The van der Waals surface area contributed by atoms with E-state index in [0.717, 1.165) is 0 Å². The zero-order valence-electron chi connectivity index (χ0n) is 11.2. The van der Waals surface area contributed by atoms with Gasteiger partial charge in [0.25, 0.3) is 16.0 Å². The molecule has 1 heterocycles. The van der Waals surface area contributed by atoms with Crippen LogP contribution in [0, 0.1) is 0 Å². The topological polar surface area (TPSA) is 114 Å². The van der Waals surface area contributed by atoms with Crippen LogP contribution in [0.1, 0.15) is 12.5 Å². The molecule has 0 aliphatic carbocycles. The summed E-state index contributed by atoms with van der Waals surface area (Å²) in [6.07, 6.45) is 2.65. The van der Waals surface area contributed by atoms with Gasteiger partial charge in [0.15, 0.2) is 0 Å². The van der Waals surface area contributed by atoms with Crippen LogP contribution in [0.15, 0.2) is 35.5 Å². The lowest BCUT2D eigenvalue weighted by Gasteiger charge is -2.11. The highest BCUT2D eigenvalue weighted by molar-refractivity contribution is 7.92. The first-order valence-corrected chi connectivity index (χ1v) is 7.58. The molecule has 0 bridgehead atoms. The number of rotatable bonds is 6. The fraction of sp³-hybridized carbons (Fsp3) is 0.250. The summed E-state index contributed by atoms with van der Waals surface area (Å²) in [5.74, 6) is 0.313. The summed E-state index contributed by atoms with van der Waals surface area (Å²) in [4.78, 5) is 3.72. The maximum Gasteiger partial charge on any atom is 0.264 e. The highest BCUT2D eigenvalue weighted by atomic mass is 32.2. The van der Waals surface area contributed by atoms with Gasteiger partial charge < -0.3 is 9.84 Å². The first-order valence-electron chi connectivity index (χ1n) is 6.10. The number of benzene rings is 1. The highest BCUT2D eigenvalue weighted by Crippen LogP contribution is 2.23. The third kappa shape index (κ3) is 3.64. The van der Waals surface area contributed by atoms with Crippen LogP contribution in [0.25, 0.3) is 0 Å². The molecule has 0 saturated carbocycles. The Morgan fingerprint density at radius 3 is 2.76 bits per heavy atom. The standard InChI is InChI=1S/C12H14N4O4S/c1-2-20-11-4-3-10(7-9(11)8-17)21(18,19)16-12-13-5-6-14-15-12/h3-7,17H,2,8H2,1H3,(H,13,15,16). The molecule has 112 valence electrons. The summed E-state index contributed by atoms with van der Waals surface area (Å²) in [6.45, 7) is 1.88. The highest BCUT2D eigenvalue weighted by Gasteiger charge is 2.17. The molecule has 0 radical (unpaired) electrons. The molecule has 2 rings (SSSR count). The van der Waals surface area contributed by atoms with Gasteiger partial charge in [0.2, 0.25) is 0 Å². The molecular formula is C12H14N4O4S. The van der Waals surface area contributed by atoms with Crippen LogP contribution in [0.2, 0.25) is 0 Å². The molecule has 0 aliphatic rings. The average molecular weight is 310 g/mol. The van der Waals surface area contributed by atoms with Crippen LogP contribution >= 0.6 is 0 Å². The molecular weight excluding hydrogens is 296 g/mol. The molecule has 0 unspecified atom stereocenters. The van der Waals surface area contributed by atoms with Crippen LogP contribution < -0.4 is 9.46 Å². The number of aromatic nitrogens is 3. The van der Waals surface area contributed by atoms with E-state index in [2.05, 4.69) is 19.9 Å². The molecule has 1 aromatic carbocycles. The third-order valence-electron chi connectivity index (χ3n) is 2.52. The molecule has 0 spiro atoms. The largest absolute Gasteiger partial charge is 0.494 e. The van der Waals surface area contributed by atoms with Crippen LogP contribution in [-0.4, -0.2) is 35.3 Å². The average Bonchev–Trinajstić information content (AvgIpc) is 2.48. The Hall–Kier alpha value is -2.26. The van der Waals surface area contributed by atoms with Crippen molar-refractivity contribution in [1.82, 2.24) is 15.2 Å². The zero-order chi connectivity index (χ0) is 15.3. The fourth-order valence-corrected chi connectivity index (χ4v) is 2.61. The first-order chi connectivity index (χ1) is 10.1. The van der Waals surface area contributed by atoms with Crippen molar-refractivity contribution in [3.05, 3.63) is 36.2 Å². The normalized spacial score (nSPS) is 11.1. The van der Waals surface area contributed by atoms with Gasteiger partial charge in [-0.2, -0.15) is 5.10 Å². The van der Waals surface area contributed by atoms with E-state index in [1.54, 1.807) is 6.92 Å². The third-order valence-corrected chi connectivity index (χ3v) is 3.85. The minimum atomic E-state index is -3.86. The number of ether oxygens (including phenoxy) is 1. The van der Waals surface area contributed by atoms with E-state index < -0.39 is 10.0 Å². The molecule has 0 amide bonds. The van der Waals surface area contributed by atoms with E-state index >= 15 is 0 Å². The van der Waals surface area contributed by atoms with E-state index in [1.165, 1.54) is 30.6 Å². The minimum Gasteiger partial charge on any atom is -0.494 e. The lowest BCUT2D eigenvalue weighted by atomic mass is 10.2. The number of hydrogen-bond acceptors (Lipinski definition) is 7. The van der Waals surface area contributed by atoms with Crippen LogP contribution in [-0.2, 0) is 16.6 Å². The summed E-state index contributed by atoms with van der Waals surface area (Å²) < 4.78 is 31.9. The van der Waals surface area contributed by atoms with Gasteiger partial charge in [0.05, 0.1) is 30.5 Å². The molecule has 0 fully saturated rings.